The van der Waals surface area contributed by atoms with E-state index >= 15 is 0 Å². The smallest absolute Gasteiger partial charge is 0.319 e. The quantitative estimate of drug-likeness (QED) is 0.659. The lowest BCUT2D eigenvalue weighted by atomic mass is 9.90. The normalized spacial score (nSPS) is 11.9. The average Bonchev–Trinajstić information content (AvgIpc) is 2.96. The van der Waals surface area contributed by atoms with Crippen LogP contribution in [-0.2, 0) is 27.1 Å². The lowest BCUT2D eigenvalue weighted by molar-refractivity contribution is 0.0844. The molecule has 0 amide bonds. The average molecular weight is 368 g/mol. The van der Waals surface area contributed by atoms with Gasteiger partial charge in [0.1, 0.15) is 0 Å². The number of rotatable bonds is 4. The van der Waals surface area contributed by atoms with Crippen molar-refractivity contribution in [3.05, 3.63) is 62.6 Å². The lowest BCUT2D eigenvalue weighted by Gasteiger charge is -2.15. The van der Waals surface area contributed by atoms with Crippen molar-refractivity contribution in [2.24, 2.45) is 19.5 Å². The van der Waals surface area contributed by atoms with Gasteiger partial charge in [0.25, 0.3) is 5.56 Å². The summed E-state index contributed by atoms with van der Waals surface area (Å²) in [5.41, 5.74) is 0.0395. The van der Waals surface area contributed by atoms with Gasteiger partial charge in [-0.1, -0.05) is 51.1 Å². The van der Waals surface area contributed by atoms with Gasteiger partial charge in [-0.05, 0) is 12.0 Å². The summed E-state index contributed by atoms with van der Waals surface area (Å²) >= 11 is 0. The Morgan fingerprint density at radius 3 is 2.26 bits per heavy atom. The summed E-state index contributed by atoms with van der Waals surface area (Å²) in [4.78, 5) is 42.7. The molecule has 0 fully saturated rings. The van der Waals surface area contributed by atoms with Crippen molar-refractivity contribution in [3.8, 4) is 0 Å². The van der Waals surface area contributed by atoms with Crippen molar-refractivity contribution < 1.29 is 4.79 Å². The molecule has 3 rings (SSSR count). The second-order valence-electron chi connectivity index (χ2n) is 7.78. The van der Waals surface area contributed by atoms with Crippen molar-refractivity contribution in [1.29, 1.82) is 0 Å². The molecule has 0 unspecified atom stereocenters. The summed E-state index contributed by atoms with van der Waals surface area (Å²) in [6, 6.07) is 9.68. The Balaban J connectivity index is 2.15. The van der Waals surface area contributed by atoms with E-state index in [-0.39, 0.29) is 29.3 Å². The fourth-order valence-electron chi connectivity index (χ4n) is 3.06. The number of hydrogen-bond donors (Lipinski definition) is 0. The first kappa shape index (κ1) is 18.8. The summed E-state index contributed by atoms with van der Waals surface area (Å²) in [6.45, 7) is 5.66. The van der Waals surface area contributed by atoms with Gasteiger partial charge in [-0.3, -0.25) is 18.7 Å². The molecule has 0 spiro atoms. The van der Waals surface area contributed by atoms with E-state index in [1.165, 1.54) is 13.7 Å². The maximum atomic E-state index is 13.0. The van der Waals surface area contributed by atoms with E-state index in [0.29, 0.717) is 6.42 Å². The van der Waals surface area contributed by atoms with Gasteiger partial charge in [-0.25, -0.2) is 9.78 Å². The lowest BCUT2D eigenvalue weighted by Crippen LogP contribution is -2.40. The molecule has 0 aliphatic heterocycles. The first-order valence-corrected chi connectivity index (χ1v) is 8.88. The van der Waals surface area contributed by atoms with Crippen molar-refractivity contribution in [1.82, 2.24) is 18.7 Å². The Labute approximate surface area is 156 Å². The van der Waals surface area contributed by atoms with Crippen LogP contribution in [0.4, 0.5) is 0 Å². The van der Waals surface area contributed by atoms with Crippen LogP contribution in [-0.4, -0.2) is 24.5 Å². The Kier molecular flexibility index (Phi) is 4.63. The third-order valence-corrected chi connectivity index (χ3v) is 4.71. The molecule has 2 heterocycles. The number of benzene rings is 1. The molecule has 3 aromatic rings. The zero-order valence-electron chi connectivity index (χ0n) is 16.3. The maximum Gasteiger partial charge on any atom is 0.332 e. The van der Waals surface area contributed by atoms with Gasteiger partial charge in [0.2, 0.25) is 5.78 Å². The summed E-state index contributed by atoms with van der Waals surface area (Å²) in [5.74, 6) is 0.00861. The molecular weight excluding hydrogens is 344 g/mol. The van der Waals surface area contributed by atoms with Gasteiger partial charge in [0.05, 0.1) is 0 Å². The molecule has 2 aromatic heterocycles. The van der Waals surface area contributed by atoms with Crippen molar-refractivity contribution in [2.75, 3.05) is 0 Å². The topological polar surface area (TPSA) is 78.9 Å². The van der Waals surface area contributed by atoms with Gasteiger partial charge in [0, 0.05) is 26.1 Å². The summed E-state index contributed by atoms with van der Waals surface area (Å²) in [6.07, 6.45) is 0.563. The van der Waals surface area contributed by atoms with Crippen LogP contribution in [0, 0.1) is 5.41 Å². The number of aromatic nitrogens is 4. The Hall–Kier alpha value is -2.96. The number of hydrogen-bond acceptors (Lipinski definition) is 4. The Bertz CT molecular complexity index is 1130. The van der Waals surface area contributed by atoms with Gasteiger partial charge < -0.3 is 4.57 Å². The van der Waals surface area contributed by atoms with E-state index in [1.54, 1.807) is 34.9 Å². The van der Waals surface area contributed by atoms with E-state index in [2.05, 4.69) is 4.98 Å². The van der Waals surface area contributed by atoms with E-state index in [4.69, 9.17) is 0 Å². The van der Waals surface area contributed by atoms with E-state index in [0.717, 1.165) is 5.56 Å². The molecule has 0 saturated carbocycles. The van der Waals surface area contributed by atoms with Crippen LogP contribution in [0.3, 0.4) is 0 Å². The predicted molar refractivity (Wildman–Crippen MR) is 104 cm³/mol. The Morgan fingerprint density at radius 2 is 1.67 bits per heavy atom. The van der Waals surface area contributed by atoms with Crippen LogP contribution < -0.4 is 11.2 Å². The first-order valence-electron chi connectivity index (χ1n) is 8.88. The molecule has 0 aliphatic carbocycles. The molecule has 0 saturated heterocycles. The molecule has 27 heavy (non-hydrogen) atoms. The minimum atomic E-state index is -0.639. The summed E-state index contributed by atoms with van der Waals surface area (Å²) in [5, 5.41) is 0. The predicted octanol–water partition coefficient (Wildman–Crippen LogP) is 1.91. The van der Waals surface area contributed by atoms with Crippen LogP contribution in [0.1, 0.15) is 37.0 Å². The fraction of sp³-hybridized carbons (Fsp3) is 0.400. The Morgan fingerprint density at radius 1 is 1.04 bits per heavy atom. The van der Waals surface area contributed by atoms with Crippen LogP contribution in [0.2, 0.25) is 0 Å². The number of ketones is 1. The monoisotopic (exact) mass is 368 g/mol. The minimum Gasteiger partial charge on any atom is -0.319 e. The molecule has 0 bridgehead atoms. The summed E-state index contributed by atoms with van der Waals surface area (Å²) < 4.78 is 4.05. The zero-order chi connectivity index (χ0) is 19.9. The number of carbonyl (C=O) groups excluding carboxylic acids is 1. The van der Waals surface area contributed by atoms with Crippen LogP contribution in [0.5, 0.6) is 0 Å². The fourth-order valence-corrected chi connectivity index (χ4v) is 3.06. The molecule has 0 aliphatic rings. The van der Waals surface area contributed by atoms with Gasteiger partial charge in [-0.15, -0.1) is 0 Å². The van der Waals surface area contributed by atoms with Crippen LogP contribution in [0.15, 0.2) is 39.9 Å². The van der Waals surface area contributed by atoms with Crippen molar-refractivity contribution >= 4 is 16.9 Å². The first-order chi connectivity index (χ1) is 12.6. The van der Waals surface area contributed by atoms with Crippen molar-refractivity contribution in [2.45, 2.75) is 33.7 Å². The minimum absolute atomic E-state index is 0.177. The largest absolute Gasteiger partial charge is 0.332 e. The molecule has 0 N–H and O–H groups in total. The molecule has 0 atom stereocenters. The number of imidazole rings is 1. The number of Topliss-reactive ketones (excluding diaryl/α,β-unsaturated/α-hetero) is 1. The molecule has 142 valence electrons. The zero-order valence-corrected chi connectivity index (χ0v) is 16.3. The number of carbonyl (C=O) groups is 1. The number of aryl methyl sites for hydroxylation is 3. The maximum absolute atomic E-state index is 13.0. The van der Waals surface area contributed by atoms with E-state index in [9.17, 15) is 14.4 Å². The SMILES string of the molecule is Cn1c(C(=O)C(C)(C)C)nc2c1c(=O)n(CCc1ccccc1)c(=O)n2C. The highest BCUT2D eigenvalue weighted by Gasteiger charge is 2.29. The van der Waals surface area contributed by atoms with Gasteiger partial charge in [0.15, 0.2) is 17.0 Å². The van der Waals surface area contributed by atoms with E-state index < -0.39 is 16.7 Å². The van der Waals surface area contributed by atoms with Gasteiger partial charge in [-0.2, -0.15) is 0 Å². The molecule has 1 aromatic carbocycles. The highest BCUT2D eigenvalue weighted by Crippen LogP contribution is 2.21. The third kappa shape index (κ3) is 3.25. The number of fused-ring (bicyclic) bond motifs is 1. The molecular formula is C20H24N4O3. The van der Waals surface area contributed by atoms with E-state index in [1.807, 2.05) is 30.3 Å². The molecule has 0 radical (unpaired) electrons. The van der Waals surface area contributed by atoms with Crippen LogP contribution in [0.25, 0.3) is 11.2 Å². The third-order valence-electron chi connectivity index (χ3n) is 4.71. The standard InChI is InChI=1S/C20H24N4O3/c1-20(2,3)15(25)17-21-16-14(22(17)4)18(26)24(19(27)23(16)5)12-11-13-9-7-6-8-10-13/h6-10H,11-12H2,1-5H3. The van der Waals surface area contributed by atoms with Crippen molar-refractivity contribution in [3.63, 3.8) is 0 Å². The van der Waals surface area contributed by atoms with Gasteiger partial charge >= 0.3 is 5.69 Å². The highest BCUT2D eigenvalue weighted by atomic mass is 16.2. The summed E-state index contributed by atoms with van der Waals surface area (Å²) in [7, 11) is 3.21. The number of nitrogens with zero attached hydrogens (tertiary/aromatic N) is 4. The molecule has 7 heteroatoms. The second-order valence-corrected chi connectivity index (χ2v) is 7.78. The highest BCUT2D eigenvalue weighted by molar-refractivity contribution is 5.99. The van der Waals surface area contributed by atoms with Crippen LogP contribution >= 0.6 is 0 Å². The molecule has 7 nitrogen and oxygen atoms in total. The second kappa shape index (κ2) is 6.64.